The highest BCUT2D eigenvalue weighted by molar-refractivity contribution is 5.69. The minimum atomic E-state index is 0.338. The topological polar surface area (TPSA) is 29.9 Å². The fourth-order valence-corrected chi connectivity index (χ4v) is 2.40. The Morgan fingerprint density at radius 3 is 2.68 bits per heavy atom. The Labute approximate surface area is 115 Å². The minimum absolute atomic E-state index is 0.338. The van der Waals surface area contributed by atoms with Crippen molar-refractivity contribution in [3.05, 3.63) is 41.7 Å². The zero-order valence-electron chi connectivity index (χ0n) is 12.3. The average molecular weight is 257 g/mol. The van der Waals surface area contributed by atoms with Gasteiger partial charge < -0.3 is 5.32 Å². The Bertz CT molecular complexity index is 543. The summed E-state index contributed by atoms with van der Waals surface area (Å²) < 4.78 is 2.05. The van der Waals surface area contributed by atoms with Gasteiger partial charge in [-0.05, 0) is 38.4 Å². The molecule has 1 N–H and O–H groups in total. The maximum Gasteiger partial charge on any atom is 0.0672 e. The van der Waals surface area contributed by atoms with Crippen LogP contribution in [-0.4, -0.2) is 16.8 Å². The van der Waals surface area contributed by atoms with Gasteiger partial charge in [0.15, 0.2) is 0 Å². The third-order valence-corrected chi connectivity index (χ3v) is 3.55. The van der Waals surface area contributed by atoms with E-state index in [9.17, 15) is 0 Å². The molecule has 1 atom stereocenters. The highest BCUT2D eigenvalue weighted by atomic mass is 15.3. The van der Waals surface area contributed by atoms with E-state index >= 15 is 0 Å². The van der Waals surface area contributed by atoms with Crippen LogP contribution in [0, 0.1) is 6.92 Å². The van der Waals surface area contributed by atoms with Crippen LogP contribution >= 0.6 is 0 Å². The number of hydrogen-bond donors (Lipinski definition) is 1. The van der Waals surface area contributed by atoms with Crippen molar-refractivity contribution in [2.45, 2.75) is 39.8 Å². The maximum atomic E-state index is 4.60. The van der Waals surface area contributed by atoms with E-state index in [1.807, 2.05) is 11.7 Å². The van der Waals surface area contributed by atoms with Gasteiger partial charge in [0.05, 0.1) is 5.69 Å². The largest absolute Gasteiger partial charge is 0.313 e. The van der Waals surface area contributed by atoms with E-state index in [-0.39, 0.29) is 0 Å². The van der Waals surface area contributed by atoms with E-state index in [0.29, 0.717) is 6.04 Å². The summed E-state index contributed by atoms with van der Waals surface area (Å²) in [5.41, 5.74) is 4.95. The van der Waals surface area contributed by atoms with Crippen molar-refractivity contribution in [1.82, 2.24) is 15.1 Å². The predicted octanol–water partition coefficient (Wildman–Crippen LogP) is 3.55. The lowest BCUT2D eigenvalue weighted by Gasteiger charge is -2.15. The normalized spacial score (nSPS) is 12.6. The maximum absolute atomic E-state index is 4.60. The number of aryl methyl sites for hydroxylation is 2. The highest BCUT2D eigenvalue weighted by Crippen LogP contribution is 2.29. The van der Waals surface area contributed by atoms with Crippen LogP contribution in [0.4, 0.5) is 0 Å². The Hall–Kier alpha value is -1.61. The fraction of sp³-hybridized carbons (Fsp3) is 0.438. The summed E-state index contributed by atoms with van der Waals surface area (Å²) >= 11 is 0. The van der Waals surface area contributed by atoms with Crippen molar-refractivity contribution in [3.8, 4) is 11.1 Å². The number of benzene rings is 1. The van der Waals surface area contributed by atoms with E-state index < -0.39 is 0 Å². The molecule has 0 amide bonds. The van der Waals surface area contributed by atoms with Gasteiger partial charge in [-0.25, -0.2) is 0 Å². The molecule has 0 aliphatic rings. The molecule has 0 saturated heterocycles. The van der Waals surface area contributed by atoms with Crippen molar-refractivity contribution in [1.29, 1.82) is 0 Å². The van der Waals surface area contributed by atoms with Gasteiger partial charge in [-0.3, -0.25) is 4.68 Å². The van der Waals surface area contributed by atoms with Crippen LogP contribution in [0.1, 0.15) is 37.6 Å². The molecule has 3 nitrogen and oxygen atoms in total. The third kappa shape index (κ3) is 2.87. The second-order valence-corrected chi connectivity index (χ2v) is 4.99. The number of aromatic nitrogens is 2. The summed E-state index contributed by atoms with van der Waals surface area (Å²) in [6.07, 6.45) is 3.27. The smallest absolute Gasteiger partial charge is 0.0672 e. The van der Waals surface area contributed by atoms with E-state index in [1.54, 1.807) is 0 Å². The molecule has 1 heterocycles. The van der Waals surface area contributed by atoms with Crippen LogP contribution < -0.4 is 5.32 Å². The lowest BCUT2D eigenvalue weighted by Crippen LogP contribution is -2.13. The molecular formula is C16H23N3. The average Bonchev–Trinajstić information content (AvgIpc) is 2.79. The highest BCUT2D eigenvalue weighted by Gasteiger charge is 2.14. The summed E-state index contributed by atoms with van der Waals surface area (Å²) in [5, 5.41) is 7.91. The van der Waals surface area contributed by atoms with Gasteiger partial charge in [-0.2, -0.15) is 5.10 Å². The first kappa shape index (κ1) is 13.8. The summed E-state index contributed by atoms with van der Waals surface area (Å²) in [7, 11) is 1.99. The molecule has 19 heavy (non-hydrogen) atoms. The van der Waals surface area contributed by atoms with Crippen molar-refractivity contribution in [2.24, 2.45) is 0 Å². The van der Waals surface area contributed by atoms with Crippen molar-refractivity contribution in [2.75, 3.05) is 7.05 Å². The molecule has 1 unspecified atom stereocenters. The number of hydrogen-bond acceptors (Lipinski definition) is 2. The molecule has 1 aromatic carbocycles. The van der Waals surface area contributed by atoms with Crippen molar-refractivity contribution >= 4 is 0 Å². The van der Waals surface area contributed by atoms with Crippen LogP contribution in [0.5, 0.6) is 0 Å². The molecule has 2 aromatic rings. The minimum Gasteiger partial charge on any atom is -0.313 e. The van der Waals surface area contributed by atoms with Gasteiger partial charge in [0.2, 0.25) is 0 Å². The fourth-order valence-electron chi connectivity index (χ4n) is 2.40. The molecule has 0 fully saturated rings. The van der Waals surface area contributed by atoms with E-state index in [1.165, 1.54) is 16.7 Å². The first-order valence-electron chi connectivity index (χ1n) is 6.98. The molecule has 2 rings (SSSR count). The zero-order chi connectivity index (χ0) is 13.8. The number of nitrogens with one attached hydrogen (secondary N) is 1. The number of nitrogens with zero attached hydrogens (tertiary/aromatic N) is 2. The Kier molecular flexibility index (Phi) is 4.38. The summed E-state index contributed by atoms with van der Waals surface area (Å²) in [4.78, 5) is 0. The van der Waals surface area contributed by atoms with Crippen LogP contribution in [-0.2, 0) is 6.54 Å². The quantitative estimate of drug-likeness (QED) is 0.887. The van der Waals surface area contributed by atoms with Gasteiger partial charge in [-0.15, -0.1) is 0 Å². The van der Waals surface area contributed by atoms with E-state index in [4.69, 9.17) is 0 Å². The van der Waals surface area contributed by atoms with Gasteiger partial charge >= 0.3 is 0 Å². The van der Waals surface area contributed by atoms with Crippen LogP contribution in [0.3, 0.4) is 0 Å². The molecule has 0 aliphatic heterocycles. The van der Waals surface area contributed by atoms with Crippen molar-refractivity contribution < 1.29 is 0 Å². The summed E-state index contributed by atoms with van der Waals surface area (Å²) in [6, 6.07) is 8.90. The van der Waals surface area contributed by atoms with Crippen LogP contribution in [0.15, 0.2) is 30.5 Å². The molecule has 3 heteroatoms. The second kappa shape index (κ2) is 6.02. The van der Waals surface area contributed by atoms with Gasteiger partial charge in [0.25, 0.3) is 0 Å². The van der Waals surface area contributed by atoms with Gasteiger partial charge in [-0.1, -0.05) is 31.2 Å². The first-order chi connectivity index (χ1) is 9.17. The molecular weight excluding hydrogens is 234 g/mol. The standard InChI is InChI=1S/C16H23N3/c1-5-10-19-11-16(13(3)18-19)15-9-7-6-8-14(15)12(2)17-4/h6-9,11-12,17H,5,10H2,1-4H3. The molecule has 0 aliphatic carbocycles. The van der Waals surface area contributed by atoms with Gasteiger partial charge in [0.1, 0.15) is 0 Å². The predicted molar refractivity (Wildman–Crippen MR) is 80.2 cm³/mol. The summed E-state index contributed by atoms with van der Waals surface area (Å²) in [6.45, 7) is 7.42. The summed E-state index contributed by atoms with van der Waals surface area (Å²) in [5.74, 6) is 0. The van der Waals surface area contributed by atoms with Crippen molar-refractivity contribution in [3.63, 3.8) is 0 Å². The second-order valence-electron chi connectivity index (χ2n) is 4.99. The molecule has 0 spiro atoms. The third-order valence-electron chi connectivity index (χ3n) is 3.55. The SMILES string of the molecule is CCCn1cc(-c2ccccc2C(C)NC)c(C)n1. The van der Waals surface area contributed by atoms with Crippen LogP contribution in [0.2, 0.25) is 0 Å². The molecule has 0 radical (unpaired) electrons. The number of rotatable bonds is 5. The first-order valence-corrected chi connectivity index (χ1v) is 6.98. The zero-order valence-corrected chi connectivity index (χ0v) is 12.3. The van der Waals surface area contributed by atoms with E-state index in [2.05, 4.69) is 61.6 Å². The Balaban J connectivity index is 2.46. The lowest BCUT2D eigenvalue weighted by molar-refractivity contribution is 0.598. The molecule has 102 valence electrons. The molecule has 0 bridgehead atoms. The lowest BCUT2D eigenvalue weighted by atomic mass is 9.96. The van der Waals surface area contributed by atoms with E-state index in [0.717, 1.165) is 18.7 Å². The molecule has 0 saturated carbocycles. The van der Waals surface area contributed by atoms with Gasteiger partial charge in [0, 0.05) is 24.3 Å². The van der Waals surface area contributed by atoms with Crippen LogP contribution in [0.25, 0.3) is 11.1 Å². The molecule has 1 aromatic heterocycles. The Morgan fingerprint density at radius 1 is 1.26 bits per heavy atom. The monoisotopic (exact) mass is 257 g/mol. The Morgan fingerprint density at radius 2 is 2.00 bits per heavy atom.